The van der Waals surface area contributed by atoms with Gasteiger partial charge in [0.15, 0.2) is 0 Å². The van der Waals surface area contributed by atoms with Gasteiger partial charge in [-0.05, 0) is 62.1 Å². The van der Waals surface area contributed by atoms with Crippen molar-refractivity contribution in [2.45, 2.75) is 34.1 Å². The highest BCUT2D eigenvalue weighted by molar-refractivity contribution is 5.79. The van der Waals surface area contributed by atoms with E-state index in [0.717, 1.165) is 35.7 Å². The van der Waals surface area contributed by atoms with Gasteiger partial charge in [-0.2, -0.15) is 14.9 Å². The van der Waals surface area contributed by atoms with Crippen LogP contribution < -0.4 is 4.74 Å². The number of nitrogens with zero attached hydrogens (tertiary/aromatic N) is 6. The fourth-order valence-electron chi connectivity index (χ4n) is 2.47. The maximum absolute atomic E-state index is 5.73. The van der Waals surface area contributed by atoms with Gasteiger partial charge in [0.25, 0.3) is 5.95 Å². The second-order valence-electron chi connectivity index (χ2n) is 6.66. The van der Waals surface area contributed by atoms with E-state index in [2.05, 4.69) is 34.2 Å². The summed E-state index contributed by atoms with van der Waals surface area (Å²) in [4.78, 5) is 0. The van der Waals surface area contributed by atoms with Crippen molar-refractivity contribution in [3.05, 3.63) is 53.6 Å². The maximum Gasteiger partial charge on any atom is 0.273 e. The first-order valence-electron chi connectivity index (χ1n) is 8.74. The van der Waals surface area contributed by atoms with E-state index in [4.69, 9.17) is 4.74 Å². The Bertz CT molecular complexity index is 876. The highest BCUT2D eigenvalue weighted by Crippen LogP contribution is 2.13. The lowest BCUT2D eigenvalue weighted by molar-refractivity contribution is 0.289. The van der Waals surface area contributed by atoms with Crippen LogP contribution >= 0.6 is 0 Å². The average Bonchev–Trinajstić information content (AvgIpc) is 3.19. The molecule has 0 bridgehead atoms. The smallest absolute Gasteiger partial charge is 0.273 e. The molecule has 3 rings (SSSR count). The molecular weight excluding hydrogens is 328 g/mol. The van der Waals surface area contributed by atoms with Gasteiger partial charge in [-0.3, -0.25) is 0 Å². The van der Waals surface area contributed by atoms with Crippen LogP contribution in [-0.4, -0.2) is 37.5 Å². The third-order valence-corrected chi connectivity index (χ3v) is 3.89. The van der Waals surface area contributed by atoms with Gasteiger partial charge < -0.3 is 4.74 Å². The lowest BCUT2D eigenvalue weighted by Gasteiger charge is -2.08. The summed E-state index contributed by atoms with van der Waals surface area (Å²) in [7, 11) is 0. The zero-order valence-corrected chi connectivity index (χ0v) is 15.6. The van der Waals surface area contributed by atoms with Crippen LogP contribution in [0.5, 0.6) is 5.75 Å². The van der Waals surface area contributed by atoms with Crippen LogP contribution in [0.2, 0.25) is 0 Å². The molecule has 2 heterocycles. The molecule has 0 saturated carbocycles. The first kappa shape index (κ1) is 17.8. The zero-order chi connectivity index (χ0) is 18.5. The number of hydrogen-bond acceptors (Lipinski definition) is 5. The molecule has 0 radical (unpaired) electrons. The van der Waals surface area contributed by atoms with Crippen LogP contribution in [0, 0.1) is 19.8 Å². The van der Waals surface area contributed by atoms with Crippen LogP contribution in [0.4, 0.5) is 0 Å². The molecular formula is C19H24N6O. The van der Waals surface area contributed by atoms with E-state index < -0.39 is 0 Å². The first-order chi connectivity index (χ1) is 12.5. The Morgan fingerprint density at radius 3 is 2.62 bits per heavy atom. The molecule has 7 nitrogen and oxygen atoms in total. The van der Waals surface area contributed by atoms with Crippen LogP contribution in [-0.2, 0) is 0 Å². The van der Waals surface area contributed by atoms with E-state index in [9.17, 15) is 0 Å². The molecule has 0 N–H and O–H groups in total. The van der Waals surface area contributed by atoms with Crippen LogP contribution in [0.3, 0.4) is 0 Å². The molecule has 136 valence electrons. The third-order valence-electron chi connectivity index (χ3n) is 3.89. The van der Waals surface area contributed by atoms with E-state index in [1.165, 1.54) is 0 Å². The molecule has 1 aromatic carbocycles. The Balaban J connectivity index is 1.69. The Labute approximate surface area is 153 Å². The number of hydrogen-bond donors (Lipinski definition) is 0. The van der Waals surface area contributed by atoms with Crippen molar-refractivity contribution < 1.29 is 4.74 Å². The van der Waals surface area contributed by atoms with Crippen molar-refractivity contribution in [2.75, 3.05) is 6.61 Å². The molecule has 0 aliphatic heterocycles. The minimum atomic E-state index is 0.556. The zero-order valence-electron chi connectivity index (χ0n) is 15.6. The standard InChI is InChI=1S/C19H24N6O/c1-14(2)9-10-26-18-7-5-17(6-8-18)12-21-24-13-20-22-19(24)25-16(4)11-15(3)23-25/h5-8,11-14H,9-10H2,1-4H3/b21-12-. The molecule has 3 aromatic rings. The SMILES string of the molecule is Cc1cc(C)n(-c2nncn2/N=C\c2ccc(OCCC(C)C)cc2)n1. The van der Waals surface area contributed by atoms with Crippen LogP contribution in [0.25, 0.3) is 5.95 Å². The molecule has 26 heavy (non-hydrogen) atoms. The number of aromatic nitrogens is 5. The number of aryl methyl sites for hydroxylation is 2. The average molecular weight is 352 g/mol. The van der Waals surface area contributed by atoms with Crippen molar-refractivity contribution in [3.8, 4) is 11.7 Å². The molecule has 0 amide bonds. The fraction of sp³-hybridized carbons (Fsp3) is 0.368. The molecule has 0 spiro atoms. The first-order valence-corrected chi connectivity index (χ1v) is 8.74. The minimum absolute atomic E-state index is 0.556. The van der Waals surface area contributed by atoms with Crippen molar-refractivity contribution in [3.63, 3.8) is 0 Å². The van der Waals surface area contributed by atoms with Gasteiger partial charge in [0.05, 0.1) is 18.5 Å². The summed E-state index contributed by atoms with van der Waals surface area (Å²) in [5.74, 6) is 2.07. The van der Waals surface area contributed by atoms with E-state index in [0.29, 0.717) is 11.9 Å². The third kappa shape index (κ3) is 4.36. The van der Waals surface area contributed by atoms with E-state index in [1.807, 2.05) is 44.2 Å². The van der Waals surface area contributed by atoms with Gasteiger partial charge in [0.2, 0.25) is 0 Å². The molecule has 0 atom stereocenters. The number of benzene rings is 1. The van der Waals surface area contributed by atoms with Crippen LogP contribution in [0.15, 0.2) is 41.8 Å². The molecule has 0 unspecified atom stereocenters. The topological polar surface area (TPSA) is 70.1 Å². The van der Waals surface area contributed by atoms with Crippen molar-refractivity contribution in [2.24, 2.45) is 11.0 Å². The van der Waals surface area contributed by atoms with Gasteiger partial charge in [-0.25, -0.2) is 4.68 Å². The molecule has 0 aliphatic rings. The van der Waals surface area contributed by atoms with Crippen molar-refractivity contribution in [1.29, 1.82) is 0 Å². The summed E-state index contributed by atoms with van der Waals surface area (Å²) in [6.45, 7) is 9.03. The van der Waals surface area contributed by atoms with Gasteiger partial charge >= 0.3 is 0 Å². The molecule has 0 fully saturated rings. The normalized spacial score (nSPS) is 11.6. The Hall–Kier alpha value is -2.96. The lowest BCUT2D eigenvalue weighted by atomic mass is 10.1. The highest BCUT2D eigenvalue weighted by atomic mass is 16.5. The lowest BCUT2D eigenvalue weighted by Crippen LogP contribution is -2.06. The van der Waals surface area contributed by atoms with Gasteiger partial charge in [-0.1, -0.05) is 13.8 Å². The second kappa shape index (κ2) is 7.95. The Kier molecular flexibility index (Phi) is 5.46. The summed E-state index contributed by atoms with van der Waals surface area (Å²) in [5.41, 5.74) is 2.87. The molecule has 7 heteroatoms. The van der Waals surface area contributed by atoms with Crippen molar-refractivity contribution >= 4 is 6.21 Å². The number of ether oxygens (including phenoxy) is 1. The highest BCUT2D eigenvalue weighted by Gasteiger charge is 2.10. The predicted octanol–water partition coefficient (Wildman–Crippen LogP) is 3.39. The van der Waals surface area contributed by atoms with Crippen molar-refractivity contribution in [1.82, 2.24) is 24.7 Å². The quantitative estimate of drug-likeness (QED) is 0.611. The summed E-state index contributed by atoms with van der Waals surface area (Å²) in [6, 6.07) is 9.84. The van der Waals surface area contributed by atoms with E-state index in [-0.39, 0.29) is 0 Å². The maximum atomic E-state index is 5.73. The van der Waals surface area contributed by atoms with E-state index in [1.54, 1.807) is 21.9 Å². The Morgan fingerprint density at radius 2 is 1.96 bits per heavy atom. The fourth-order valence-corrected chi connectivity index (χ4v) is 2.47. The summed E-state index contributed by atoms with van der Waals surface area (Å²) in [6.07, 6.45) is 4.37. The summed E-state index contributed by atoms with van der Waals surface area (Å²) < 4.78 is 9.06. The predicted molar refractivity (Wildman–Crippen MR) is 101 cm³/mol. The summed E-state index contributed by atoms with van der Waals surface area (Å²) >= 11 is 0. The molecule has 0 saturated heterocycles. The largest absolute Gasteiger partial charge is 0.494 e. The summed E-state index contributed by atoms with van der Waals surface area (Å²) in [5, 5.41) is 16.9. The molecule has 2 aromatic heterocycles. The molecule has 0 aliphatic carbocycles. The van der Waals surface area contributed by atoms with Gasteiger partial charge in [-0.15, -0.1) is 10.2 Å². The van der Waals surface area contributed by atoms with Gasteiger partial charge in [0.1, 0.15) is 12.1 Å². The number of rotatable bonds is 7. The second-order valence-corrected chi connectivity index (χ2v) is 6.66. The minimum Gasteiger partial charge on any atom is -0.494 e. The van der Waals surface area contributed by atoms with E-state index >= 15 is 0 Å². The van der Waals surface area contributed by atoms with Crippen LogP contribution in [0.1, 0.15) is 37.2 Å². The van der Waals surface area contributed by atoms with Gasteiger partial charge in [0, 0.05) is 5.69 Å². The monoisotopic (exact) mass is 352 g/mol. The Morgan fingerprint density at radius 1 is 1.19 bits per heavy atom.